The van der Waals surface area contributed by atoms with Crippen molar-refractivity contribution in [2.24, 2.45) is 5.73 Å². The van der Waals surface area contributed by atoms with Gasteiger partial charge in [-0.2, -0.15) is 5.10 Å². The second kappa shape index (κ2) is 5.61. The Bertz CT molecular complexity index is 577. The predicted molar refractivity (Wildman–Crippen MR) is 77.8 cm³/mol. The molecule has 0 amide bonds. The Labute approximate surface area is 124 Å². The lowest BCUT2D eigenvalue weighted by molar-refractivity contribution is 0.493. The molecule has 1 aromatic heterocycles. The van der Waals surface area contributed by atoms with Crippen LogP contribution in [0.1, 0.15) is 37.2 Å². The quantitative estimate of drug-likeness (QED) is 0.910. The average molecular weight is 347 g/mol. The summed E-state index contributed by atoms with van der Waals surface area (Å²) >= 11 is 9.46. The number of hydrogen-bond donors (Lipinski definition) is 1. The number of aromatic nitrogens is 2. The summed E-state index contributed by atoms with van der Waals surface area (Å²) < 4.78 is 16.5. The maximum atomic E-state index is 13.9. The topological polar surface area (TPSA) is 43.8 Å². The van der Waals surface area contributed by atoms with Crippen molar-refractivity contribution >= 4 is 27.5 Å². The molecule has 0 radical (unpaired) electrons. The van der Waals surface area contributed by atoms with E-state index < -0.39 is 11.9 Å². The van der Waals surface area contributed by atoms with Gasteiger partial charge in [-0.3, -0.25) is 4.68 Å². The Kier molecular flexibility index (Phi) is 4.28. The van der Waals surface area contributed by atoms with E-state index in [0.717, 1.165) is 4.47 Å². The molecule has 2 N–H and O–H groups in total. The summed E-state index contributed by atoms with van der Waals surface area (Å²) in [7, 11) is 0. The van der Waals surface area contributed by atoms with Crippen LogP contribution in [0.2, 0.25) is 5.02 Å². The summed E-state index contributed by atoms with van der Waals surface area (Å²) in [5, 5.41) is 4.56. The zero-order valence-electron chi connectivity index (χ0n) is 10.6. The van der Waals surface area contributed by atoms with E-state index >= 15 is 0 Å². The molecule has 0 fully saturated rings. The summed E-state index contributed by atoms with van der Waals surface area (Å²) in [6, 6.07) is 3.99. The summed E-state index contributed by atoms with van der Waals surface area (Å²) in [6.45, 7) is 3.97. The molecule has 102 valence electrons. The summed E-state index contributed by atoms with van der Waals surface area (Å²) in [6.07, 6.45) is 1.66. The highest BCUT2D eigenvalue weighted by Gasteiger charge is 2.24. The molecular weight excluding hydrogens is 333 g/mol. The molecule has 3 nitrogen and oxygen atoms in total. The fourth-order valence-electron chi connectivity index (χ4n) is 2.00. The molecule has 1 unspecified atom stereocenters. The van der Waals surface area contributed by atoms with Crippen molar-refractivity contribution in [3.8, 4) is 0 Å². The molecule has 0 aliphatic rings. The largest absolute Gasteiger partial charge is 0.319 e. The highest BCUT2D eigenvalue weighted by atomic mass is 79.9. The van der Waals surface area contributed by atoms with E-state index in [1.165, 1.54) is 6.07 Å². The van der Waals surface area contributed by atoms with E-state index in [9.17, 15) is 4.39 Å². The van der Waals surface area contributed by atoms with Gasteiger partial charge >= 0.3 is 0 Å². The number of hydrogen-bond acceptors (Lipinski definition) is 2. The number of nitrogens with two attached hydrogens (primary N) is 1. The predicted octanol–water partition coefficient (Wildman–Crippen LogP) is 4.07. The molecule has 0 aliphatic carbocycles. The smallest absolute Gasteiger partial charge is 0.129 e. The fraction of sp³-hybridized carbons (Fsp3) is 0.308. The number of nitrogens with zero attached hydrogens (tertiary/aromatic N) is 2. The van der Waals surface area contributed by atoms with Crippen LogP contribution in [0.4, 0.5) is 4.39 Å². The van der Waals surface area contributed by atoms with Gasteiger partial charge < -0.3 is 5.73 Å². The Balaban J connectivity index is 2.56. The molecule has 0 spiro atoms. The van der Waals surface area contributed by atoms with Gasteiger partial charge in [0.15, 0.2) is 0 Å². The summed E-state index contributed by atoms with van der Waals surface area (Å²) in [4.78, 5) is 0. The standard InChI is InChI=1S/C13H14BrClFN3/c1-7(2)19-13(8(14)6-18-19)12(17)11-9(15)4-3-5-10(11)16/h3-7,12H,17H2,1-2H3. The first-order chi connectivity index (χ1) is 8.93. The molecule has 19 heavy (non-hydrogen) atoms. The van der Waals surface area contributed by atoms with Gasteiger partial charge in [-0.05, 0) is 41.9 Å². The molecule has 0 bridgehead atoms. The molecular formula is C13H14BrClFN3. The van der Waals surface area contributed by atoms with Crippen molar-refractivity contribution in [2.75, 3.05) is 0 Å². The van der Waals surface area contributed by atoms with E-state index in [1.54, 1.807) is 23.0 Å². The van der Waals surface area contributed by atoms with Gasteiger partial charge in [-0.1, -0.05) is 17.7 Å². The highest BCUT2D eigenvalue weighted by molar-refractivity contribution is 9.10. The fourth-order valence-corrected chi connectivity index (χ4v) is 2.80. The van der Waals surface area contributed by atoms with Crippen molar-refractivity contribution in [1.82, 2.24) is 9.78 Å². The van der Waals surface area contributed by atoms with Gasteiger partial charge in [-0.25, -0.2) is 4.39 Å². The van der Waals surface area contributed by atoms with Gasteiger partial charge in [0.2, 0.25) is 0 Å². The monoisotopic (exact) mass is 345 g/mol. The maximum Gasteiger partial charge on any atom is 0.129 e. The summed E-state index contributed by atoms with van der Waals surface area (Å²) in [5.41, 5.74) is 7.18. The third-order valence-electron chi connectivity index (χ3n) is 2.88. The zero-order valence-corrected chi connectivity index (χ0v) is 12.9. The van der Waals surface area contributed by atoms with Gasteiger partial charge in [0.05, 0.1) is 22.4 Å². The molecule has 2 aromatic rings. The Morgan fingerprint density at radius 1 is 1.42 bits per heavy atom. The van der Waals surface area contributed by atoms with Crippen LogP contribution in [0.3, 0.4) is 0 Å². The third kappa shape index (κ3) is 2.68. The van der Waals surface area contributed by atoms with Crippen LogP contribution in [-0.4, -0.2) is 9.78 Å². The van der Waals surface area contributed by atoms with Crippen LogP contribution >= 0.6 is 27.5 Å². The Hall–Kier alpha value is -0.910. The second-order valence-corrected chi connectivity index (χ2v) is 5.79. The molecule has 0 aliphatic heterocycles. The molecule has 0 saturated carbocycles. The van der Waals surface area contributed by atoms with E-state index in [1.807, 2.05) is 13.8 Å². The van der Waals surface area contributed by atoms with E-state index in [0.29, 0.717) is 10.7 Å². The SMILES string of the molecule is CC(C)n1ncc(Br)c1C(N)c1c(F)cccc1Cl. The van der Waals surface area contributed by atoms with E-state index in [-0.39, 0.29) is 11.6 Å². The first kappa shape index (κ1) is 14.5. The van der Waals surface area contributed by atoms with Crippen LogP contribution in [0.15, 0.2) is 28.9 Å². The van der Waals surface area contributed by atoms with Crippen molar-refractivity contribution in [2.45, 2.75) is 25.9 Å². The van der Waals surface area contributed by atoms with Crippen LogP contribution in [-0.2, 0) is 0 Å². The van der Waals surface area contributed by atoms with E-state index in [4.69, 9.17) is 17.3 Å². The summed E-state index contributed by atoms with van der Waals surface area (Å²) in [5.74, 6) is -0.414. The molecule has 1 atom stereocenters. The second-order valence-electron chi connectivity index (χ2n) is 4.53. The lowest BCUT2D eigenvalue weighted by atomic mass is 10.0. The average Bonchev–Trinajstić information content (AvgIpc) is 2.70. The van der Waals surface area contributed by atoms with Crippen LogP contribution in [0.25, 0.3) is 0 Å². The molecule has 2 rings (SSSR count). The third-order valence-corrected chi connectivity index (χ3v) is 3.82. The first-order valence-electron chi connectivity index (χ1n) is 5.86. The van der Waals surface area contributed by atoms with Crippen LogP contribution in [0, 0.1) is 5.82 Å². The molecule has 6 heteroatoms. The minimum absolute atomic E-state index is 0.123. The number of benzene rings is 1. The normalized spacial score (nSPS) is 13.0. The minimum Gasteiger partial charge on any atom is -0.319 e. The lowest BCUT2D eigenvalue weighted by Crippen LogP contribution is -2.20. The molecule has 0 saturated heterocycles. The maximum absolute atomic E-state index is 13.9. The Morgan fingerprint density at radius 3 is 2.68 bits per heavy atom. The Morgan fingerprint density at radius 2 is 2.11 bits per heavy atom. The van der Waals surface area contributed by atoms with Gasteiger partial charge in [0.1, 0.15) is 5.82 Å². The van der Waals surface area contributed by atoms with Gasteiger partial charge in [0.25, 0.3) is 0 Å². The lowest BCUT2D eigenvalue weighted by Gasteiger charge is -2.19. The molecule has 1 aromatic carbocycles. The highest BCUT2D eigenvalue weighted by Crippen LogP contribution is 2.33. The first-order valence-corrected chi connectivity index (χ1v) is 7.03. The van der Waals surface area contributed by atoms with Crippen molar-refractivity contribution < 1.29 is 4.39 Å². The van der Waals surface area contributed by atoms with Crippen molar-refractivity contribution in [1.29, 1.82) is 0 Å². The zero-order chi connectivity index (χ0) is 14.2. The number of rotatable bonds is 3. The number of halogens is 3. The van der Waals surface area contributed by atoms with Crippen LogP contribution < -0.4 is 5.73 Å². The van der Waals surface area contributed by atoms with Gasteiger partial charge in [-0.15, -0.1) is 0 Å². The van der Waals surface area contributed by atoms with E-state index in [2.05, 4.69) is 21.0 Å². The molecule has 1 heterocycles. The van der Waals surface area contributed by atoms with Crippen LogP contribution in [0.5, 0.6) is 0 Å². The minimum atomic E-state index is -0.673. The van der Waals surface area contributed by atoms with Gasteiger partial charge in [0, 0.05) is 16.6 Å². The van der Waals surface area contributed by atoms with Crippen molar-refractivity contribution in [3.05, 3.63) is 51.0 Å². The van der Waals surface area contributed by atoms with Crippen molar-refractivity contribution in [3.63, 3.8) is 0 Å².